The number of anilines is 1. The third-order valence-electron chi connectivity index (χ3n) is 3.86. The molecule has 2 aromatic carbocycles. The minimum Gasteiger partial charge on any atom is -0.325 e. The van der Waals surface area contributed by atoms with Crippen molar-refractivity contribution >= 4 is 17.4 Å². The van der Waals surface area contributed by atoms with E-state index < -0.39 is 11.2 Å². The van der Waals surface area contributed by atoms with Crippen LogP contribution in [0.4, 0.5) is 10.1 Å². The molecule has 1 heterocycles. The SMILES string of the molecule is CC1(C)C(=O)Nc2ccc(C(=O)c3cccc(F)c3)cc21. The van der Waals surface area contributed by atoms with Crippen LogP contribution in [0.25, 0.3) is 0 Å². The molecule has 1 aliphatic heterocycles. The number of ketones is 1. The van der Waals surface area contributed by atoms with Crippen molar-refractivity contribution in [3.05, 3.63) is 65.0 Å². The number of nitrogens with one attached hydrogen (secondary N) is 1. The molecule has 21 heavy (non-hydrogen) atoms. The Morgan fingerprint density at radius 3 is 2.52 bits per heavy atom. The summed E-state index contributed by atoms with van der Waals surface area (Å²) in [5.74, 6) is -0.792. The molecule has 0 aromatic heterocycles. The standard InChI is InChI=1S/C17H14FNO2/c1-17(2)13-9-11(6-7-14(13)19-16(17)21)15(20)10-4-3-5-12(18)8-10/h3-9H,1-2H3,(H,19,21). The summed E-state index contributed by atoms with van der Waals surface area (Å²) in [6.07, 6.45) is 0. The highest BCUT2D eigenvalue weighted by Gasteiger charge is 2.38. The number of hydrogen-bond acceptors (Lipinski definition) is 2. The average molecular weight is 283 g/mol. The van der Waals surface area contributed by atoms with Crippen molar-refractivity contribution in [1.29, 1.82) is 0 Å². The largest absolute Gasteiger partial charge is 0.325 e. The molecule has 3 rings (SSSR count). The van der Waals surface area contributed by atoms with E-state index in [0.29, 0.717) is 11.1 Å². The summed E-state index contributed by atoms with van der Waals surface area (Å²) in [6, 6.07) is 10.7. The summed E-state index contributed by atoms with van der Waals surface area (Å²) in [5.41, 5.74) is 1.58. The summed E-state index contributed by atoms with van der Waals surface area (Å²) >= 11 is 0. The summed E-state index contributed by atoms with van der Waals surface area (Å²) in [4.78, 5) is 24.3. The second kappa shape index (κ2) is 4.52. The minimum absolute atomic E-state index is 0.0899. The topological polar surface area (TPSA) is 46.2 Å². The summed E-state index contributed by atoms with van der Waals surface area (Å²) in [5, 5.41) is 2.79. The van der Waals surface area contributed by atoms with Crippen molar-refractivity contribution in [1.82, 2.24) is 0 Å². The number of rotatable bonds is 2. The molecule has 0 unspecified atom stereocenters. The van der Waals surface area contributed by atoms with Gasteiger partial charge in [-0.3, -0.25) is 9.59 Å². The fourth-order valence-electron chi connectivity index (χ4n) is 2.51. The summed E-state index contributed by atoms with van der Waals surface area (Å²) in [6.45, 7) is 3.62. The molecular formula is C17H14FNO2. The molecule has 2 aromatic rings. The van der Waals surface area contributed by atoms with Crippen LogP contribution in [0.2, 0.25) is 0 Å². The Morgan fingerprint density at radius 1 is 1.10 bits per heavy atom. The third kappa shape index (κ3) is 2.13. The Morgan fingerprint density at radius 2 is 1.81 bits per heavy atom. The second-order valence-electron chi connectivity index (χ2n) is 5.68. The highest BCUT2D eigenvalue weighted by atomic mass is 19.1. The Labute approximate surface area is 121 Å². The van der Waals surface area contributed by atoms with E-state index in [1.807, 2.05) is 13.8 Å². The normalized spacial score (nSPS) is 15.5. The average Bonchev–Trinajstić information content (AvgIpc) is 2.68. The first-order chi connectivity index (χ1) is 9.89. The number of halogens is 1. The first kappa shape index (κ1) is 13.5. The van der Waals surface area contributed by atoms with Gasteiger partial charge in [-0.25, -0.2) is 4.39 Å². The lowest BCUT2D eigenvalue weighted by Crippen LogP contribution is -2.27. The molecule has 0 atom stereocenters. The number of benzene rings is 2. The smallest absolute Gasteiger partial charge is 0.234 e. The third-order valence-corrected chi connectivity index (χ3v) is 3.86. The Balaban J connectivity index is 2.04. The van der Waals surface area contributed by atoms with Crippen LogP contribution >= 0.6 is 0 Å². The van der Waals surface area contributed by atoms with Gasteiger partial charge in [0.2, 0.25) is 5.91 Å². The van der Waals surface area contributed by atoms with Gasteiger partial charge in [0.05, 0.1) is 5.41 Å². The van der Waals surface area contributed by atoms with Crippen LogP contribution in [-0.2, 0) is 10.2 Å². The van der Waals surface area contributed by atoms with Crippen molar-refractivity contribution < 1.29 is 14.0 Å². The Bertz CT molecular complexity index is 765. The molecule has 1 N–H and O–H groups in total. The highest BCUT2D eigenvalue weighted by Crippen LogP contribution is 2.37. The van der Waals surface area contributed by atoms with E-state index in [1.54, 1.807) is 24.3 Å². The quantitative estimate of drug-likeness (QED) is 0.860. The van der Waals surface area contributed by atoms with Crippen LogP contribution < -0.4 is 5.32 Å². The van der Waals surface area contributed by atoms with E-state index in [1.165, 1.54) is 18.2 Å². The fraction of sp³-hybridized carbons (Fsp3) is 0.176. The van der Waals surface area contributed by atoms with Gasteiger partial charge in [-0.2, -0.15) is 0 Å². The molecule has 3 nitrogen and oxygen atoms in total. The van der Waals surface area contributed by atoms with Gasteiger partial charge in [0.25, 0.3) is 0 Å². The molecule has 4 heteroatoms. The van der Waals surface area contributed by atoms with Crippen LogP contribution in [0.15, 0.2) is 42.5 Å². The molecule has 0 bridgehead atoms. The first-order valence-corrected chi connectivity index (χ1v) is 6.66. The van der Waals surface area contributed by atoms with E-state index in [4.69, 9.17) is 0 Å². The lowest BCUT2D eigenvalue weighted by Gasteiger charge is -2.15. The fourth-order valence-corrected chi connectivity index (χ4v) is 2.51. The first-order valence-electron chi connectivity index (χ1n) is 6.66. The molecule has 1 amide bonds. The molecule has 0 fully saturated rings. The van der Waals surface area contributed by atoms with Gasteiger partial charge in [-0.05, 0) is 49.7 Å². The molecule has 0 saturated heterocycles. The number of carbonyl (C=O) groups excluding carboxylic acids is 2. The zero-order chi connectivity index (χ0) is 15.2. The van der Waals surface area contributed by atoms with Crippen molar-refractivity contribution in [2.75, 3.05) is 5.32 Å². The zero-order valence-corrected chi connectivity index (χ0v) is 11.7. The van der Waals surface area contributed by atoms with Crippen LogP contribution in [0.1, 0.15) is 35.3 Å². The van der Waals surface area contributed by atoms with E-state index in [2.05, 4.69) is 5.32 Å². The van der Waals surface area contributed by atoms with Gasteiger partial charge < -0.3 is 5.32 Å². The van der Waals surface area contributed by atoms with Gasteiger partial charge in [0.1, 0.15) is 5.82 Å². The Kier molecular flexibility index (Phi) is 2.90. The number of carbonyl (C=O) groups is 2. The lowest BCUT2D eigenvalue weighted by atomic mass is 9.84. The van der Waals surface area contributed by atoms with Crippen molar-refractivity contribution in [2.24, 2.45) is 0 Å². The number of amides is 1. The van der Waals surface area contributed by atoms with Crippen LogP contribution in [0.3, 0.4) is 0 Å². The molecule has 1 aliphatic rings. The van der Waals surface area contributed by atoms with Gasteiger partial charge >= 0.3 is 0 Å². The predicted octanol–water partition coefficient (Wildman–Crippen LogP) is 3.29. The van der Waals surface area contributed by atoms with E-state index in [9.17, 15) is 14.0 Å². The van der Waals surface area contributed by atoms with Gasteiger partial charge in [0.15, 0.2) is 5.78 Å². The molecule has 106 valence electrons. The molecule has 0 radical (unpaired) electrons. The van der Waals surface area contributed by atoms with E-state index >= 15 is 0 Å². The molecule has 0 aliphatic carbocycles. The van der Waals surface area contributed by atoms with E-state index in [0.717, 1.165) is 11.3 Å². The van der Waals surface area contributed by atoms with Crippen molar-refractivity contribution in [3.63, 3.8) is 0 Å². The molecule has 0 saturated carbocycles. The van der Waals surface area contributed by atoms with Gasteiger partial charge in [0, 0.05) is 16.8 Å². The summed E-state index contributed by atoms with van der Waals surface area (Å²) in [7, 11) is 0. The number of fused-ring (bicyclic) bond motifs is 1. The van der Waals surface area contributed by atoms with Crippen molar-refractivity contribution in [3.8, 4) is 0 Å². The lowest BCUT2D eigenvalue weighted by molar-refractivity contribution is -0.119. The minimum atomic E-state index is -0.673. The van der Waals surface area contributed by atoms with Crippen molar-refractivity contribution in [2.45, 2.75) is 19.3 Å². The maximum atomic E-state index is 13.2. The monoisotopic (exact) mass is 283 g/mol. The maximum Gasteiger partial charge on any atom is 0.234 e. The van der Waals surface area contributed by atoms with E-state index in [-0.39, 0.29) is 11.7 Å². The van der Waals surface area contributed by atoms with Crippen LogP contribution in [0, 0.1) is 5.82 Å². The molecule has 0 spiro atoms. The van der Waals surface area contributed by atoms with Crippen LogP contribution in [0.5, 0.6) is 0 Å². The zero-order valence-electron chi connectivity index (χ0n) is 11.7. The summed E-state index contributed by atoms with van der Waals surface area (Å²) < 4.78 is 13.2. The molecular weight excluding hydrogens is 269 g/mol. The van der Waals surface area contributed by atoms with Gasteiger partial charge in [-0.1, -0.05) is 12.1 Å². The second-order valence-corrected chi connectivity index (χ2v) is 5.68. The Hall–Kier alpha value is -2.49. The van der Waals surface area contributed by atoms with Crippen LogP contribution in [-0.4, -0.2) is 11.7 Å². The predicted molar refractivity (Wildman–Crippen MR) is 77.9 cm³/mol. The number of hydrogen-bond donors (Lipinski definition) is 1. The maximum absolute atomic E-state index is 13.2. The van der Waals surface area contributed by atoms with Gasteiger partial charge in [-0.15, -0.1) is 0 Å². The highest BCUT2D eigenvalue weighted by molar-refractivity contribution is 6.11.